The van der Waals surface area contributed by atoms with Crippen LogP contribution in [0.1, 0.15) is 5.56 Å². The lowest BCUT2D eigenvalue weighted by atomic mass is 10.2. The van der Waals surface area contributed by atoms with Crippen LogP contribution in [0.2, 0.25) is 0 Å². The monoisotopic (exact) mass is 406 g/mol. The molecular weight excluding hydrogens is 387 g/mol. The Balaban J connectivity index is 1.41. The molecule has 0 saturated heterocycles. The Morgan fingerprint density at radius 1 is 0.867 bits per heavy atom. The van der Waals surface area contributed by atoms with Gasteiger partial charge in [0.25, 0.3) is 5.91 Å². The lowest BCUT2D eigenvalue weighted by molar-refractivity contribution is -0.118. The number of hydrogen-bond acceptors (Lipinski definition) is 4. The molecule has 152 valence electrons. The van der Waals surface area contributed by atoms with Crippen molar-refractivity contribution >= 4 is 29.5 Å². The molecule has 0 saturated carbocycles. The third-order valence-electron chi connectivity index (χ3n) is 3.79. The molecule has 0 spiro atoms. The lowest BCUT2D eigenvalue weighted by Gasteiger charge is -2.07. The standard InChI is InChI=1S/C22H19FN4O3/c23-17-8-10-19(11-9-17)25-21(28)15-30-20-12-6-16(7-13-20)14-24-27-22(29)26-18-4-2-1-3-5-18/h1-14H,15H2,(H,25,28)(H2,26,27,29). The van der Waals surface area contributed by atoms with E-state index in [-0.39, 0.29) is 18.3 Å². The molecule has 0 fully saturated rings. The smallest absolute Gasteiger partial charge is 0.339 e. The molecule has 0 aliphatic heterocycles. The molecule has 8 heteroatoms. The van der Waals surface area contributed by atoms with Gasteiger partial charge in [0, 0.05) is 11.4 Å². The maximum Gasteiger partial charge on any atom is 0.339 e. The Morgan fingerprint density at radius 3 is 2.23 bits per heavy atom. The normalized spacial score (nSPS) is 10.4. The van der Waals surface area contributed by atoms with Crippen molar-refractivity contribution in [2.45, 2.75) is 0 Å². The first-order valence-corrected chi connectivity index (χ1v) is 9.02. The number of urea groups is 1. The molecule has 0 heterocycles. The van der Waals surface area contributed by atoms with Crippen molar-refractivity contribution in [2.75, 3.05) is 17.2 Å². The minimum absolute atomic E-state index is 0.188. The van der Waals surface area contributed by atoms with E-state index >= 15 is 0 Å². The third-order valence-corrected chi connectivity index (χ3v) is 3.79. The molecule has 7 nitrogen and oxygen atoms in total. The van der Waals surface area contributed by atoms with Crippen molar-refractivity contribution in [3.8, 4) is 5.75 Å². The minimum atomic E-state index is -0.454. The van der Waals surface area contributed by atoms with Crippen LogP contribution in [0, 0.1) is 5.82 Å². The van der Waals surface area contributed by atoms with Gasteiger partial charge in [-0.3, -0.25) is 4.79 Å². The summed E-state index contributed by atoms with van der Waals surface area (Å²) in [5, 5.41) is 9.13. The highest BCUT2D eigenvalue weighted by atomic mass is 19.1. The Bertz CT molecular complexity index is 1010. The summed E-state index contributed by atoms with van der Waals surface area (Å²) in [6.45, 7) is -0.188. The summed E-state index contributed by atoms with van der Waals surface area (Å²) in [6.07, 6.45) is 1.48. The van der Waals surface area contributed by atoms with Gasteiger partial charge in [0.15, 0.2) is 6.61 Å². The summed E-state index contributed by atoms with van der Waals surface area (Å²) in [5.74, 6) is -0.239. The number of hydrogen-bond donors (Lipinski definition) is 3. The van der Waals surface area contributed by atoms with Gasteiger partial charge in [-0.2, -0.15) is 5.10 Å². The van der Waals surface area contributed by atoms with E-state index < -0.39 is 6.03 Å². The van der Waals surface area contributed by atoms with Gasteiger partial charge in [-0.1, -0.05) is 18.2 Å². The van der Waals surface area contributed by atoms with Gasteiger partial charge in [0.1, 0.15) is 11.6 Å². The fourth-order valence-corrected chi connectivity index (χ4v) is 2.38. The number of carbonyl (C=O) groups is 2. The zero-order valence-electron chi connectivity index (χ0n) is 15.8. The first kappa shape index (κ1) is 20.5. The van der Waals surface area contributed by atoms with Crippen molar-refractivity contribution in [2.24, 2.45) is 5.10 Å². The fraction of sp³-hybridized carbons (Fsp3) is 0.0455. The summed E-state index contributed by atoms with van der Waals surface area (Å²) < 4.78 is 18.3. The van der Waals surface area contributed by atoms with Gasteiger partial charge >= 0.3 is 6.03 Å². The van der Waals surface area contributed by atoms with E-state index in [1.54, 1.807) is 36.4 Å². The Morgan fingerprint density at radius 2 is 1.53 bits per heavy atom. The van der Waals surface area contributed by atoms with E-state index in [1.165, 1.54) is 30.5 Å². The largest absolute Gasteiger partial charge is 0.484 e. The number of nitrogens with one attached hydrogen (secondary N) is 3. The molecular formula is C22H19FN4O3. The van der Waals surface area contributed by atoms with E-state index in [9.17, 15) is 14.0 Å². The van der Waals surface area contributed by atoms with Crippen LogP contribution in [-0.4, -0.2) is 24.8 Å². The van der Waals surface area contributed by atoms with E-state index in [4.69, 9.17) is 4.74 Å². The summed E-state index contributed by atoms with van der Waals surface area (Å²) >= 11 is 0. The molecule has 3 aromatic carbocycles. The van der Waals surface area contributed by atoms with Crippen molar-refractivity contribution < 1.29 is 18.7 Å². The van der Waals surface area contributed by atoms with Crippen molar-refractivity contribution in [1.82, 2.24) is 5.43 Å². The molecule has 0 bridgehead atoms. The maximum atomic E-state index is 12.9. The lowest BCUT2D eigenvalue weighted by Crippen LogP contribution is -2.24. The summed E-state index contributed by atoms with van der Waals surface area (Å²) in [6, 6.07) is 20.8. The topological polar surface area (TPSA) is 91.8 Å². The van der Waals surface area contributed by atoms with Gasteiger partial charge in [-0.15, -0.1) is 0 Å². The molecule has 0 aromatic heterocycles. The van der Waals surface area contributed by atoms with Crippen LogP contribution in [0.5, 0.6) is 5.75 Å². The van der Waals surface area contributed by atoms with E-state index in [0.29, 0.717) is 17.1 Å². The zero-order chi connectivity index (χ0) is 21.2. The number of anilines is 2. The van der Waals surface area contributed by atoms with Crippen molar-refractivity contribution in [3.05, 3.63) is 90.2 Å². The Hall–Kier alpha value is -4.20. The van der Waals surface area contributed by atoms with Crippen molar-refractivity contribution in [1.29, 1.82) is 0 Å². The SMILES string of the molecule is O=C(COc1ccc(C=NNC(=O)Nc2ccccc2)cc1)Nc1ccc(F)cc1. The van der Waals surface area contributed by atoms with Gasteiger partial charge in [-0.25, -0.2) is 14.6 Å². The molecule has 3 aromatic rings. The summed E-state index contributed by atoms with van der Waals surface area (Å²) in [7, 11) is 0. The molecule has 3 amide bonds. The minimum Gasteiger partial charge on any atom is -0.484 e. The molecule has 30 heavy (non-hydrogen) atoms. The second-order valence-electron chi connectivity index (χ2n) is 6.10. The van der Waals surface area contributed by atoms with Gasteiger partial charge in [0.05, 0.1) is 6.21 Å². The first-order chi connectivity index (χ1) is 14.6. The van der Waals surface area contributed by atoms with E-state index in [0.717, 1.165) is 5.56 Å². The van der Waals surface area contributed by atoms with Gasteiger partial charge in [-0.05, 0) is 66.2 Å². The number of para-hydroxylation sites is 1. The van der Waals surface area contributed by atoms with Gasteiger partial charge < -0.3 is 15.4 Å². The van der Waals surface area contributed by atoms with Crippen LogP contribution in [0.25, 0.3) is 0 Å². The van der Waals surface area contributed by atoms with Crippen LogP contribution in [0.15, 0.2) is 84.0 Å². The number of hydrazone groups is 1. The molecule has 3 rings (SSSR count). The van der Waals surface area contributed by atoms with Crippen LogP contribution >= 0.6 is 0 Å². The Labute approximate surface area is 172 Å². The summed E-state index contributed by atoms with van der Waals surface area (Å²) in [4.78, 5) is 23.6. The van der Waals surface area contributed by atoms with Crippen LogP contribution in [0.4, 0.5) is 20.6 Å². The van der Waals surface area contributed by atoms with Crippen molar-refractivity contribution in [3.63, 3.8) is 0 Å². The average Bonchev–Trinajstić information content (AvgIpc) is 2.75. The van der Waals surface area contributed by atoms with Gasteiger partial charge in [0.2, 0.25) is 0 Å². The number of benzene rings is 3. The summed E-state index contributed by atoms with van der Waals surface area (Å²) in [5.41, 5.74) is 4.26. The number of carbonyl (C=O) groups excluding carboxylic acids is 2. The predicted molar refractivity (Wildman–Crippen MR) is 113 cm³/mol. The highest BCUT2D eigenvalue weighted by molar-refractivity contribution is 5.92. The molecule has 0 atom stereocenters. The second-order valence-corrected chi connectivity index (χ2v) is 6.10. The maximum absolute atomic E-state index is 12.9. The quantitative estimate of drug-likeness (QED) is 0.409. The molecule has 0 aliphatic rings. The average molecular weight is 406 g/mol. The second kappa shape index (κ2) is 10.4. The highest BCUT2D eigenvalue weighted by Crippen LogP contribution is 2.12. The number of ether oxygens (including phenoxy) is 1. The molecule has 0 unspecified atom stereocenters. The first-order valence-electron chi connectivity index (χ1n) is 9.02. The molecule has 0 radical (unpaired) electrons. The van der Waals surface area contributed by atoms with Crippen LogP contribution in [-0.2, 0) is 4.79 Å². The highest BCUT2D eigenvalue weighted by Gasteiger charge is 2.04. The number of amides is 3. The zero-order valence-corrected chi connectivity index (χ0v) is 15.8. The number of rotatable bonds is 7. The molecule has 3 N–H and O–H groups in total. The predicted octanol–water partition coefficient (Wildman–Crippen LogP) is 4.00. The van der Waals surface area contributed by atoms with E-state index in [2.05, 4.69) is 21.2 Å². The number of nitrogens with zero attached hydrogens (tertiary/aromatic N) is 1. The fourth-order valence-electron chi connectivity index (χ4n) is 2.38. The third kappa shape index (κ3) is 6.75. The molecule has 0 aliphatic carbocycles. The Kier molecular flexibility index (Phi) is 7.10. The number of halogens is 1. The van der Waals surface area contributed by atoms with E-state index in [1.807, 2.05) is 18.2 Å². The van der Waals surface area contributed by atoms with Crippen LogP contribution < -0.4 is 20.8 Å². The van der Waals surface area contributed by atoms with Crippen LogP contribution in [0.3, 0.4) is 0 Å².